The summed E-state index contributed by atoms with van der Waals surface area (Å²) in [7, 11) is 1.68. The van der Waals surface area contributed by atoms with Crippen molar-refractivity contribution in [3.05, 3.63) is 0 Å². The van der Waals surface area contributed by atoms with Gasteiger partial charge in [0.25, 0.3) is 0 Å². The number of likely N-dealkylation sites (tertiary alicyclic amines) is 1. The number of methoxy groups -OCH3 is 1. The van der Waals surface area contributed by atoms with Gasteiger partial charge in [-0.15, -0.1) is 24.0 Å². The quantitative estimate of drug-likeness (QED) is 0.217. The second-order valence-corrected chi connectivity index (χ2v) is 6.21. The third-order valence-electron chi connectivity index (χ3n) is 4.05. The number of hydrogen-bond acceptors (Lipinski definition) is 3. The van der Waals surface area contributed by atoms with Gasteiger partial charge in [0.15, 0.2) is 5.96 Å². The predicted octanol–water partition coefficient (Wildman–Crippen LogP) is 3.82. The number of alkyl halides is 3. The molecule has 0 bridgehead atoms. The van der Waals surface area contributed by atoms with E-state index < -0.39 is 12.6 Å². The van der Waals surface area contributed by atoms with Gasteiger partial charge >= 0.3 is 6.18 Å². The minimum atomic E-state index is -4.07. The molecule has 1 saturated heterocycles. The molecule has 0 unspecified atom stereocenters. The molecule has 0 spiro atoms. The van der Waals surface area contributed by atoms with Crippen molar-refractivity contribution in [2.75, 3.05) is 46.5 Å². The van der Waals surface area contributed by atoms with E-state index in [1.165, 1.54) is 0 Å². The van der Waals surface area contributed by atoms with Crippen LogP contribution >= 0.6 is 24.0 Å². The van der Waals surface area contributed by atoms with Gasteiger partial charge in [-0.05, 0) is 39.0 Å². The van der Waals surface area contributed by atoms with E-state index in [0.717, 1.165) is 44.9 Å². The van der Waals surface area contributed by atoms with E-state index in [1.807, 2.05) is 6.92 Å². The number of piperidine rings is 1. The summed E-state index contributed by atoms with van der Waals surface area (Å²) in [6.45, 7) is 6.29. The number of unbranched alkanes of at least 4 members (excludes halogenated alkanes) is 1. The monoisotopic (exact) mass is 495 g/mol. The van der Waals surface area contributed by atoms with E-state index in [-0.39, 0.29) is 36.5 Å². The molecule has 0 aromatic heterocycles. The molecule has 1 fully saturated rings. The summed E-state index contributed by atoms with van der Waals surface area (Å²) < 4.78 is 47.3. The number of ether oxygens (including phenoxy) is 2. The number of hydrogen-bond donors (Lipinski definition) is 1. The molecular formula is C17H33F3IN3O2. The predicted molar refractivity (Wildman–Crippen MR) is 108 cm³/mol. The van der Waals surface area contributed by atoms with Crippen molar-refractivity contribution in [3.8, 4) is 0 Å². The fraction of sp³-hybridized carbons (Fsp3) is 0.941. The Bertz CT molecular complexity index is 377. The lowest BCUT2D eigenvalue weighted by molar-refractivity contribution is -0.135. The molecule has 1 aliphatic heterocycles. The normalized spacial score (nSPS) is 16.5. The molecular weight excluding hydrogens is 462 g/mol. The maximum atomic E-state index is 12.1. The number of rotatable bonds is 10. The average Bonchev–Trinajstić information content (AvgIpc) is 2.57. The Morgan fingerprint density at radius 3 is 2.42 bits per heavy atom. The van der Waals surface area contributed by atoms with E-state index in [1.54, 1.807) is 7.11 Å². The molecule has 1 rings (SSSR count). The second-order valence-electron chi connectivity index (χ2n) is 6.21. The Morgan fingerprint density at radius 1 is 1.15 bits per heavy atom. The van der Waals surface area contributed by atoms with Crippen molar-refractivity contribution < 1.29 is 22.6 Å². The summed E-state index contributed by atoms with van der Waals surface area (Å²) in [6.07, 6.45) is -1.18. The average molecular weight is 495 g/mol. The van der Waals surface area contributed by atoms with Crippen molar-refractivity contribution in [1.29, 1.82) is 0 Å². The van der Waals surface area contributed by atoms with Crippen molar-refractivity contribution >= 4 is 29.9 Å². The van der Waals surface area contributed by atoms with Crippen LogP contribution in [0.3, 0.4) is 0 Å². The fourth-order valence-corrected chi connectivity index (χ4v) is 2.74. The van der Waals surface area contributed by atoms with Crippen molar-refractivity contribution in [2.45, 2.75) is 57.7 Å². The first-order valence-electron chi connectivity index (χ1n) is 9.16. The van der Waals surface area contributed by atoms with Crippen molar-refractivity contribution in [2.24, 2.45) is 4.99 Å². The van der Waals surface area contributed by atoms with Crippen LogP contribution in [-0.4, -0.2) is 69.6 Å². The number of guanidine groups is 1. The zero-order valence-corrected chi connectivity index (χ0v) is 18.1. The molecule has 1 N–H and O–H groups in total. The van der Waals surface area contributed by atoms with Crippen LogP contribution in [0, 0.1) is 0 Å². The van der Waals surface area contributed by atoms with Gasteiger partial charge in [-0.1, -0.05) is 0 Å². The number of nitrogens with zero attached hydrogens (tertiary/aromatic N) is 2. The van der Waals surface area contributed by atoms with Gasteiger partial charge in [-0.2, -0.15) is 13.2 Å². The lowest BCUT2D eigenvalue weighted by Crippen LogP contribution is -2.47. The van der Waals surface area contributed by atoms with E-state index >= 15 is 0 Å². The molecule has 26 heavy (non-hydrogen) atoms. The smallest absolute Gasteiger partial charge is 0.385 e. The Kier molecular flexibility index (Phi) is 14.6. The zero-order valence-electron chi connectivity index (χ0n) is 15.8. The Labute approximate surface area is 172 Å². The van der Waals surface area contributed by atoms with Gasteiger partial charge in [-0.3, -0.25) is 4.99 Å². The van der Waals surface area contributed by atoms with E-state index in [2.05, 4.69) is 15.2 Å². The maximum Gasteiger partial charge on any atom is 0.389 e. The highest BCUT2D eigenvalue weighted by Gasteiger charge is 2.26. The standard InChI is InChI=1S/C17H32F3N3O2.HI/c1-3-21-16(22-10-5-4-9-17(18,19)20)23-11-7-15(8-12-23)25-14-6-13-24-2;/h15H,3-14H2,1-2H3,(H,21,22);1H. The highest BCUT2D eigenvalue weighted by Crippen LogP contribution is 2.22. The molecule has 0 saturated carbocycles. The van der Waals surface area contributed by atoms with E-state index in [9.17, 15) is 13.2 Å². The van der Waals surface area contributed by atoms with Crippen molar-refractivity contribution in [1.82, 2.24) is 10.2 Å². The first-order chi connectivity index (χ1) is 12.0. The number of halogens is 4. The van der Waals surface area contributed by atoms with Crippen LogP contribution < -0.4 is 5.32 Å². The van der Waals surface area contributed by atoms with E-state index in [4.69, 9.17) is 9.47 Å². The summed E-state index contributed by atoms with van der Waals surface area (Å²) in [4.78, 5) is 6.64. The van der Waals surface area contributed by atoms with Gasteiger partial charge < -0.3 is 19.7 Å². The first kappa shape index (κ1) is 25.7. The van der Waals surface area contributed by atoms with Crippen LogP contribution in [0.1, 0.15) is 45.4 Å². The van der Waals surface area contributed by atoms with Crippen LogP contribution in [0.2, 0.25) is 0 Å². The Balaban J connectivity index is 0.00000625. The topological polar surface area (TPSA) is 46.1 Å². The summed E-state index contributed by atoms with van der Waals surface area (Å²) >= 11 is 0. The molecule has 0 aliphatic carbocycles. The molecule has 5 nitrogen and oxygen atoms in total. The highest BCUT2D eigenvalue weighted by molar-refractivity contribution is 14.0. The second kappa shape index (κ2) is 14.7. The molecule has 1 heterocycles. The largest absolute Gasteiger partial charge is 0.389 e. The Hall–Kier alpha value is -0.290. The molecule has 0 radical (unpaired) electrons. The molecule has 0 amide bonds. The van der Waals surface area contributed by atoms with Crippen LogP contribution in [0.15, 0.2) is 4.99 Å². The van der Waals surface area contributed by atoms with E-state index in [0.29, 0.717) is 26.2 Å². The van der Waals surface area contributed by atoms with Crippen LogP contribution in [0.5, 0.6) is 0 Å². The summed E-state index contributed by atoms with van der Waals surface area (Å²) in [5.74, 6) is 0.798. The van der Waals surface area contributed by atoms with Gasteiger partial charge in [0.1, 0.15) is 0 Å². The van der Waals surface area contributed by atoms with Gasteiger partial charge in [-0.25, -0.2) is 0 Å². The summed E-state index contributed by atoms with van der Waals surface area (Å²) in [5, 5.41) is 3.23. The minimum absolute atomic E-state index is 0. The SMILES string of the molecule is CCNC(=NCCCCC(F)(F)F)N1CCC(OCCCOC)CC1.I. The van der Waals surface area contributed by atoms with Crippen LogP contribution in [-0.2, 0) is 9.47 Å². The molecule has 1 aliphatic rings. The lowest BCUT2D eigenvalue weighted by Gasteiger charge is -2.34. The Morgan fingerprint density at radius 2 is 1.85 bits per heavy atom. The van der Waals surface area contributed by atoms with Crippen LogP contribution in [0.4, 0.5) is 13.2 Å². The highest BCUT2D eigenvalue weighted by atomic mass is 127. The lowest BCUT2D eigenvalue weighted by atomic mass is 10.1. The van der Waals surface area contributed by atoms with Gasteiger partial charge in [0.05, 0.1) is 6.10 Å². The zero-order chi connectivity index (χ0) is 18.5. The third kappa shape index (κ3) is 12.2. The summed E-state index contributed by atoms with van der Waals surface area (Å²) in [5.41, 5.74) is 0. The molecule has 156 valence electrons. The third-order valence-corrected chi connectivity index (χ3v) is 4.05. The van der Waals surface area contributed by atoms with Crippen LogP contribution in [0.25, 0.3) is 0 Å². The minimum Gasteiger partial charge on any atom is -0.385 e. The molecule has 9 heteroatoms. The fourth-order valence-electron chi connectivity index (χ4n) is 2.74. The van der Waals surface area contributed by atoms with Crippen molar-refractivity contribution in [3.63, 3.8) is 0 Å². The summed E-state index contributed by atoms with van der Waals surface area (Å²) in [6, 6.07) is 0. The van der Waals surface area contributed by atoms with Gasteiger partial charge in [0, 0.05) is 52.9 Å². The molecule has 0 aromatic rings. The number of aliphatic imine (C=N–C) groups is 1. The molecule has 0 aromatic carbocycles. The maximum absolute atomic E-state index is 12.1. The first-order valence-corrected chi connectivity index (χ1v) is 9.16. The number of nitrogens with one attached hydrogen (secondary N) is 1. The molecule has 0 atom stereocenters. The van der Waals surface area contributed by atoms with Gasteiger partial charge in [0.2, 0.25) is 0 Å².